The number of piperazine rings is 1. The van der Waals surface area contributed by atoms with E-state index in [2.05, 4.69) is 9.80 Å². The number of unbranched alkanes of at least 4 members (excludes halogenated alkanes) is 1. The molecule has 3 rings (SSSR count). The smallest absolute Gasteiger partial charge is 0.246 e. The number of hydrogen-bond acceptors (Lipinski definition) is 5. The third kappa shape index (κ3) is 8.54. The van der Waals surface area contributed by atoms with Gasteiger partial charge in [0.1, 0.15) is 0 Å². The summed E-state index contributed by atoms with van der Waals surface area (Å²) in [5.74, 6) is 0.0425. The number of amides is 2. The van der Waals surface area contributed by atoms with E-state index in [1.807, 2.05) is 11.0 Å². The Morgan fingerprint density at radius 2 is 1.65 bits per heavy atom. The third-order valence-corrected chi connectivity index (χ3v) is 7.23. The van der Waals surface area contributed by atoms with Crippen LogP contribution < -0.4 is 0 Å². The molecule has 1 aromatic rings. The average molecular weight is 511 g/mol. The van der Waals surface area contributed by atoms with Crippen molar-refractivity contribution in [1.29, 1.82) is 0 Å². The first-order valence-electron chi connectivity index (χ1n) is 12.1. The molecule has 9 heteroatoms. The van der Waals surface area contributed by atoms with Gasteiger partial charge in [0, 0.05) is 78.5 Å². The van der Waals surface area contributed by atoms with Gasteiger partial charge >= 0.3 is 0 Å². The van der Waals surface area contributed by atoms with E-state index >= 15 is 0 Å². The molecule has 2 fully saturated rings. The van der Waals surface area contributed by atoms with Crippen LogP contribution in [0.1, 0.15) is 24.8 Å². The summed E-state index contributed by atoms with van der Waals surface area (Å²) in [6, 6.07) is 5.25. The molecule has 0 aliphatic carbocycles. The first-order valence-corrected chi connectivity index (χ1v) is 12.9. The van der Waals surface area contributed by atoms with Gasteiger partial charge in [-0.1, -0.05) is 29.3 Å². The van der Waals surface area contributed by atoms with E-state index < -0.39 is 0 Å². The molecule has 2 aliphatic rings. The highest BCUT2D eigenvalue weighted by Crippen LogP contribution is 2.23. The van der Waals surface area contributed by atoms with E-state index in [1.54, 1.807) is 30.2 Å². The number of methoxy groups -OCH3 is 1. The van der Waals surface area contributed by atoms with Gasteiger partial charge < -0.3 is 19.4 Å². The fourth-order valence-electron chi connectivity index (χ4n) is 4.31. The Kier molecular flexibility index (Phi) is 11.1. The molecular weight excluding hydrogens is 475 g/mol. The maximum absolute atomic E-state index is 12.6. The first kappa shape index (κ1) is 27.0. The first-order chi connectivity index (χ1) is 16.5. The van der Waals surface area contributed by atoms with Crippen LogP contribution in [0.3, 0.4) is 0 Å². The van der Waals surface area contributed by atoms with Gasteiger partial charge in [0.2, 0.25) is 11.8 Å². The number of ether oxygens (including phenoxy) is 1. The zero-order valence-corrected chi connectivity index (χ0v) is 21.6. The summed E-state index contributed by atoms with van der Waals surface area (Å²) < 4.78 is 5.16. The van der Waals surface area contributed by atoms with Gasteiger partial charge in [-0.2, -0.15) is 0 Å². The molecule has 0 spiro atoms. The van der Waals surface area contributed by atoms with Crippen molar-refractivity contribution in [2.45, 2.75) is 19.3 Å². The minimum atomic E-state index is -0.0923. The van der Waals surface area contributed by atoms with Gasteiger partial charge in [-0.15, -0.1) is 0 Å². The lowest BCUT2D eigenvalue weighted by atomic mass is 10.2. The predicted octanol–water partition coefficient (Wildman–Crippen LogP) is 3.11. The van der Waals surface area contributed by atoms with Crippen molar-refractivity contribution in [2.75, 3.05) is 79.2 Å². The molecule has 2 heterocycles. The highest BCUT2D eigenvalue weighted by molar-refractivity contribution is 6.42. The molecule has 2 amide bonds. The molecular formula is C25H36Cl2N4O3. The normalized spacial score (nSPS) is 18.6. The molecule has 0 unspecified atom stereocenters. The SMILES string of the molecule is COCCN1CCN(CCCCN2CCN(C(=O)C=Cc3ccc(Cl)c(Cl)c3)CCC2=O)CC1. The van der Waals surface area contributed by atoms with Crippen LogP contribution in [-0.2, 0) is 14.3 Å². The van der Waals surface area contributed by atoms with Gasteiger partial charge in [0.15, 0.2) is 0 Å². The molecule has 0 N–H and O–H groups in total. The van der Waals surface area contributed by atoms with Crippen molar-refractivity contribution in [3.8, 4) is 0 Å². The fraction of sp³-hybridized carbons (Fsp3) is 0.600. The van der Waals surface area contributed by atoms with Crippen LogP contribution in [0.2, 0.25) is 10.0 Å². The second kappa shape index (κ2) is 14.0. The molecule has 0 bridgehead atoms. The maximum Gasteiger partial charge on any atom is 0.246 e. The van der Waals surface area contributed by atoms with Crippen LogP contribution in [0.4, 0.5) is 0 Å². The number of hydrogen-bond donors (Lipinski definition) is 0. The van der Waals surface area contributed by atoms with E-state index in [0.717, 1.165) is 70.8 Å². The minimum Gasteiger partial charge on any atom is -0.383 e. The number of halogens is 2. The van der Waals surface area contributed by atoms with Crippen molar-refractivity contribution < 1.29 is 14.3 Å². The Morgan fingerprint density at radius 3 is 2.35 bits per heavy atom. The van der Waals surface area contributed by atoms with E-state index in [9.17, 15) is 9.59 Å². The van der Waals surface area contributed by atoms with Gasteiger partial charge in [-0.05, 0) is 43.2 Å². The van der Waals surface area contributed by atoms with Crippen molar-refractivity contribution in [2.24, 2.45) is 0 Å². The lowest BCUT2D eigenvalue weighted by molar-refractivity contribution is -0.130. The molecule has 7 nitrogen and oxygen atoms in total. The topological polar surface area (TPSA) is 56.3 Å². The van der Waals surface area contributed by atoms with E-state index in [1.165, 1.54) is 6.08 Å². The highest BCUT2D eigenvalue weighted by Gasteiger charge is 2.23. The van der Waals surface area contributed by atoms with Crippen LogP contribution >= 0.6 is 23.2 Å². The Hall–Kier alpha value is -1.64. The van der Waals surface area contributed by atoms with Crippen molar-refractivity contribution in [3.63, 3.8) is 0 Å². The Labute approximate surface area is 213 Å². The minimum absolute atomic E-state index is 0.0923. The molecule has 0 saturated carbocycles. The quantitative estimate of drug-likeness (QED) is 0.357. The zero-order valence-electron chi connectivity index (χ0n) is 20.1. The number of carbonyl (C=O) groups excluding carboxylic acids is 2. The van der Waals surface area contributed by atoms with Crippen LogP contribution in [0, 0.1) is 0 Å². The third-order valence-electron chi connectivity index (χ3n) is 6.49. The molecule has 2 aliphatic heterocycles. The molecule has 188 valence electrons. The van der Waals surface area contributed by atoms with E-state index in [4.69, 9.17) is 27.9 Å². The Morgan fingerprint density at radius 1 is 0.941 bits per heavy atom. The number of rotatable bonds is 10. The second-order valence-corrected chi connectivity index (χ2v) is 9.66. The largest absolute Gasteiger partial charge is 0.383 e. The predicted molar refractivity (Wildman–Crippen MR) is 137 cm³/mol. The second-order valence-electron chi connectivity index (χ2n) is 8.85. The summed E-state index contributed by atoms with van der Waals surface area (Å²) in [7, 11) is 1.75. The molecule has 34 heavy (non-hydrogen) atoms. The van der Waals surface area contributed by atoms with Crippen molar-refractivity contribution in [1.82, 2.24) is 19.6 Å². The molecule has 0 aromatic heterocycles. The molecule has 2 saturated heterocycles. The zero-order chi connectivity index (χ0) is 24.3. The number of nitrogens with zero attached hydrogens (tertiary/aromatic N) is 4. The standard InChI is InChI=1S/C25H36Cl2N4O3/c1-34-19-18-29-14-12-28(13-15-29)9-2-3-10-30-16-17-31(11-8-25(30)33)24(32)7-5-21-4-6-22(26)23(27)20-21/h4-7,20H,2-3,8-19H2,1H3. The molecule has 1 aromatic carbocycles. The van der Waals surface area contributed by atoms with Gasteiger partial charge in [0.25, 0.3) is 0 Å². The summed E-state index contributed by atoms with van der Waals surface area (Å²) in [5, 5.41) is 0.938. The average Bonchev–Trinajstić information content (AvgIpc) is 3.03. The summed E-state index contributed by atoms with van der Waals surface area (Å²) in [6.45, 7) is 9.61. The van der Waals surface area contributed by atoms with Crippen molar-refractivity contribution >= 4 is 41.1 Å². The summed E-state index contributed by atoms with van der Waals surface area (Å²) in [6.07, 6.45) is 5.70. The highest BCUT2D eigenvalue weighted by atomic mass is 35.5. The maximum atomic E-state index is 12.6. The van der Waals surface area contributed by atoms with Crippen molar-refractivity contribution in [3.05, 3.63) is 39.9 Å². The summed E-state index contributed by atoms with van der Waals surface area (Å²) in [5.41, 5.74) is 0.812. The number of carbonyl (C=O) groups is 2. The van der Waals surface area contributed by atoms with Crippen LogP contribution in [0.15, 0.2) is 24.3 Å². The Bertz CT molecular complexity index is 843. The monoisotopic (exact) mass is 510 g/mol. The van der Waals surface area contributed by atoms with E-state index in [-0.39, 0.29) is 11.8 Å². The Balaban J connectivity index is 1.36. The van der Waals surface area contributed by atoms with Crippen LogP contribution in [-0.4, -0.2) is 111 Å². The number of benzene rings is 1. The fourth-order valence-corrected chi connectivity index (χ4v) is 4.61. The van der Waals surface area contributed by atoms with Crippen LogP contribution in [0.25, 0.3) is 6.08 Å². The van der Waals surface area contributed by atoms with Gasteiger partial charge in [-0.25, -0.2) is 0 Å². The van der Waals surface area contributed by atoms with E-state index in [0.29, 0.717) is 36.1 Å². The summed E-state index contributed by atoms with van der Waals surface area (Å²) >= 11 is 12.0. The molecule has 0 radical (unpaired) electrons. The summed E-state index contributed by atoms with van der Waals surface area (Å²) in [4.78, 5) is 33.8. The van der Waals surface area contributed by atoms with Gasteiger partial charge in [-0.3, -0.25) is 14.5 Å². The van der Waals surface area contributed by atoms with Gasteiger partial charge in [0.05, 0.1) is 16.7 Å². The lowest BCUT2D eigenvalue weighted by Crippen LogP contribution is -2.47. The molecule has 0 atom stereocenters. The van der Waals surface area contributed by atoms with Crippen LogP contribution in [0.5, 0.6) is 0 Å². The lowest BCUT2D eigenvalue weighted by Gasteiger charge is -2.34.